The first-order chi connectivity index (χ1) is 10.0. The molecule has 2 aromatic rings. The van der Waals surface area contributed by atoms with Gasteiger partial charge in [-0.15, -0.1) is 11.3 Å². The largest absolute Gasteiger partial charge is 0.483 e. The highest BCUT2D eigenvalue weighted by Crippen LogP contribution is 2.21. The summed E-state index contributed by atoms with van der Waals surface area (Å²) in [5.74, 6) is 0.321. The van der Waals surface area contributed by atoms with Crippen LogP contribution in [-0.4, -0.2) is 18.7 Å². The van der Waals surface area contributed by atoms with Gasteiger partial charge < -0.3 is 4.74 Å². The molecule has 110 valence electrons. The van der Waals surface area contributed by atoms with E-state index in [1.807, 2.05) is 26.0 Å². The Labute approximate surface area is 132 Å². The Morgan fingerprint density at radius 1 is 1.38 bits per heavy atom. The van der Waals surface area contributed by atoms with Gasteiger partial charge >= 0.3 is 0 Å². The van der Waals surface area contributed by atoms with Crippen molar-refractivity contribution in [1.82, 2.24) is 5.43 Å². The van der Waals surface area contributed by atoms with Gasteiger partial charge in [0.25, 0.3) is 5.91 Å². The minimum atomic E-state index is -0.311. The van der Waals surface area contributed by atoms with Crippen LogP contribution in [0.4, 0.5) is 0 Å². The number of nitrogens with zero attached hydrogens (tertiary/aromatic N) is 1. The van der Waals surface area contributed by atoms with Crippen LogP contribution in [0.1, 0.15) is 15.3 Å². The number of halogens is 1. The molecular formula is C15H15ClN2O2S. The Morgan fingerprint density at radius 3 is 2.86 bits per heavy atom. The SMILES string of the molecule is Cc1ccc(/C=N\NC(=O)COc2ccc(Cl)cc2C)s1. The molecule has 1 amide bonds. The fourth-order valence-corrected chi connectivity index (χ4v) is 2.62. The third-order valence-corrected chi connectivity index (χ3v) is 3.81. The maximum Gasteiger partial charge on any atom is 0.277 e. The minimum absolute atomic E-state index is 0.0940. The number of nitrogens with one attached hydrogen (secondary N) is 1. The van der Waals surface area contributed by atoms with Crippen LogP contribution in [0.25, 0.3) is 0 Å². The standard InChI is InChI=1S/C15H15ClN2O2S/c1-10-7-12(16)4-6-14(10)20-9-15(19)18-17-8-13-5-3-11(2)21-13/h3-8H,9H2,1-2H3,(H,18,19)/b17-8-. The highest BCUT2D eigenvalue weighted by Gasteiger charge is 2.04. The summed E-state index contributed by atoms with van der Waals surface area (Å²) in [6.07, 6.45) is 1.61. The van der Waals surface area contributed by atoms with E-state index in [4.69, 9.17) is 16.3 Å². The number of rotatable bonds is 5. The van der Waals surface area contributed by atoms with E-state index in [-0.39, 0.29) is 12.5 Å². The van der Waals surface area contributed by atoms with Crippen LogP contribution in [0.3, 0.4) is 0 Å². The number of ether oxygens (including phenoxy) is 1. The maximum absolute atomic E-state index is 11.6. The van der Waals surface area contributed by atoms with Gasteiger partial charge in [-0.2, -0.15) is 5.10 Å². The fourth-order valence-electron chi connectivity index (χ4n) is 1.64. The highest BCUT2D eigenvalue weighted by molar-refractivity contribution is 7.13. The number of carbonyl (C=O) groups is 1. The Balaban J connectivity index is 1.81. The number of thiophene rings is 1. The van der Waals surface area contributed by atoms with Crippen LogP contribution in [0.5, 0.6) is 5.75 Å². The van der Waals surface area contributed by atoms with Gasteiger partial charge in [-0.3, -0.25) is 4.79 Å². The second kappa shape index (κ2) is 7.24. The van der Waals surface area contributed by atoms with Gasteiger partial charge in [0.1, 0.15) is 5.75 Å². The van der Waals surface area contributed by atoms with E-state index in [0.29, 0.717) is 10.8 Å². The van der Waals surface area contributed by atoms with Crippen LogP contribution in [-0.2, 0) is 4.79 Å². The first-order valence-corrected chi connectivity index (χ1v) is 7.51. The molecule has 1 N–H and O–H groups in total. The lowest BCUT2D eigenvalue weighted by atomic mass is 10.2. The molecule has 1 aromatic carbocycles. The lowest BCUT2D eigenvalue weighted by molar-refractivity contribution is -0.123. The summed E-state index contributed by atoms with van der Waals surface area (Å²) in [6, 6.07) is 9.19. The van der Waals surface area contributed by atoms with E-state index in [1.165, 1.54) is 4.88 Å². The van der Waals surface area contributed by atoms with Gasteiger partial charge in [0.15, 0.2) is 6.61 Å². The van der Waals surface area contributed by atoms with Crippen molar-refractivity contribution in [2.24, 2.45) is 5.10 Å². The predicted molar refractivity (Wildman–Crippen MR) is 86.5 cm³/mol. The summed E-state index contributed by atoms with van der Waals surface area (Å²) in [5.41, 5.74) is 3.31. The molecule has 0 saturated heterocycles. The van der Waals surface area contributed by atoms with Crippen LogP contribution in [0, 0.1) is 13.8 Å². The van der Waals surface area contributed by atoms with Crippen molar-refractivity contribution in [3.63, 3.8) is 0 Å². The lowest BCUT2D eigenvalue weighted by Crippen LogP contribution is -2.24. The van der Waals surface area contributed by atoms with E-state index in [2.05, 4.69) is 10.5 Å². The lowest BCUT2D eigenvalue weighted by Gasteiger charge is -2.08. The maximum atomic E-state index is 11.6. The molecule has 0 spiro atoms. The normalized spacial score (nSPS) is 10.8. The van der Waals surface area contributed by atoms with Crippen molar-refractivity contribution < 1.29 is 9.53 Å². The summed E-state index contributed by atoms with van der Waals surface area (Å²) < 4.78 is 5.42. The molecule has 0 aliphatic carbocycles. The second-order valence-corrected chi connectivity index (χ2v) is 6.20. The molecule has 4 nitrogen and oxygen atoms in total. The molecule has 0 aliphatic rings. The number of hydrogen-bond donors (Lipinski definition) is 1. The number of benzene rings is 1. The van der Waals surface area contributed by atoms with Crippen LogP contribution in [0.15, 0.2) is 35.4 Å². The van der Waals surface area contributed by atoms with Crippen LogP contribution < -0.4 is 10.2 Å². The van der Waals surface area contributed by atoms with Crippen molar-refractivity contribution in [3.8, 4) is 5.75 Å². The quantitative estimate of drug-likeness (QED) is 0.676. The fraction of sp³-hybridized carbons (Fsp3) is 0.200. The van der Waals surface area contributed by atoms with Crippen LogP contribution >= 0.6 is 22.9 Å². The van der Waals surface area contributed by atoms with Crippen molar-refractivity contribution in [2.75, 3.05) is 6.61 Å². The van der Waals surface area contributed by atoms with Crippen LogP contribution in [0.2, 0.25) is 5.02 Å². The monoisotopic (exact) mass is 322 g/mol. The molecule has 21 heavy (non-hydrogen) atoms. The van der Waals surface area contributed by atoms with E-state index in [9.17, 15) is 4.79 Å². The summed E-state index contributed by atoms with van der Waals surface area (Å²) in [7, 11) is 0. The molecule has 0 aliphatic heterocycles. The molecule has 0 bridgehead atoms. The molecule has 0 atom stereocenters. The number of amides is 1. The molecule has 2 rings (SSSR count). The van der Waals surface area contributed by atoms with Gasteiger partial charge in [0, 0.05) is 14.8 Å². The summed E-state index contributed by atoms with van der Waals surface area (Å²) in [4.78, 5) is 13.8. The number of carbonyl (C=O) groups excluding carboxylic acids is 1. The molecule has 0 saturated carbocycles. The average Bonchev–Trinajstić information content (AvgIpc) is 2.83. The molecular weight excluding hydrogens is 308 g/mol. The Hall–Kier alpha value is -1.85. The molecule has 0 unspecified atom stereocenters. The summed E-state index contributed by atoms with van der Waals surface area (Å²) in [6.45, 7) is 3.79. The van der Waals surface area contributed by atoms with Crippen molar-refractivity contribution >= 4 is 35.1 Å². The molecule has 6 heteroatoms. The number of aryl methyl sites for hydroxylation is 2. The Kier molecular flexibility index (Phi) is 5.36. The zero-order valence-corrected chi connectivity index (χ0v) is 13.3. The van der Waals surface area contributed by atoms with Crippen molar-refractivity contribution in [1.29, 1.82) is 0 Å². The smallest absolute Gasteiger partial charge is 0.277 e. The van der Waals surface area contributed by atoms with E-state index >= 15 is 0 Å². The van der Waals surface area contributed by atoms with Gasteiger partial charge in [0.2, 0.25) is 0 Å². The number of hydrazone groups is 1. The summed E-state index contributed by atoms with van der Waals surface area (Å²) in [5, 5.41) is 4.53. The Bertz CT molecular complexity index is 667. The first kappa shape index (κ1) is 15.5. The number of hydrogen-bond acceptors (Lipinski definition) is 4. The average molecular weight is 323 g/mol. The van der Waals surface area contributed by atoms with Crippen molar-refractivity contribution in [2.45, 2.75) is 13.8 Å². The Morgan fingerprint density at radius 2 is 2.19 bits per heavy atom. The first-order valence-electron chi connectivity index (χ1n) is 6.32. The van der Waals surface area contributed by atoms with Gasteiger partial charge in [-0.1, -0.05) is 11.6 Å². The van der Waals surface area contributed by atoms with Crippen molar-refractivity contribution in [3.05, 3.63) is 50.7 Å². The highest BCUT2D eigenvalue weighted by atomic mass is 35.5. The molecule has 1 aromatic heterocycles. The topological polar surface area (TPSA) is 50.7 Å². The minimum Gasteiger partial charge on any atom is -0.483 e. The van der Waals surface area contributed by atoms with E-state index < -0.39 is 0 Å². The van der Waals surface area contributed by atoms with E-state index in [1.54, 1.807) is 35.8 Å². The molecule has 1 heterocycles. The zero-order chi connectivity index (χ0) is 15.2. The van der Waals surface area contributed by atoms with Gasteiger partial charge in [-0.25, -0.2) is 5.43 Å². The second-order valence-electron chi connectivity index (χ2n) is 4.44. The predicted octanol–water partition coefficient (Wildman–Crippen LogP) is 3.55. The molecule has 0 fully saturated rings. The van der Waals surface area contributed by atoms with Gasteiger partial charge in [-0.05, 0) is 49.7 Å². The molecule has 0 radical (unpaired) electrons. The third-order valence-electron chi connectivity index (χ3n) is 2.64. The summed E-state index contributed by atoms with van der Waals surface area (Å²) >= 11 is 7.46. The third kappa shape index (κ3) is 4.88. The zero-order valence-electron chi connectivity index (χ0n) is 11.7. The van der Waals surface area contributed by atoms with Gasteiger partial charge in [0.05, 0.1) is 6.21 Å². The van der Waals surface area contributed by atoms with E-state index in [0.717, 1.165) is 10.4 Å².